The molecule has 0 bridgehead atoms. The van der Waals surface area contributed by atoms with Crippen LogP contribution in [0.1, 0.15) is 24.2 Å². The summed E-state index contributed by atoms with van der Waals surface area (Å²) < 4.78 is 0. The second kappa shape index (κ2) is 6.18. The van der Waals surface area contributed by atoms with E-state index in [-0.39, 0.29) is 5.92 Å². The summed E-state index contributed by atoms with van der Waals surface area (Å²) in [6, 6.07) is 19.9. The molecule has 2 unspecified atom stereocenters. The molecule has 2 aromatic rings. The zero-order chi connectivity index (χ0) is 12.8. The van der Waals surface area contributed by atoms with E-state index in [0.717, 1.165) is 11.1 Å². The Bertz CT molecular complexity index is 488. The quantitative estimate of drug-likeness (QED) is 0.851. The number of hydrogen-bond donors (Lipinski definition) is 1. The fourth-order valence-electron chi connectivity index (χ4n) is 1.89. The predicted octanol–water partition coefficient (Wildman–Crippen LogP) is 4.07. The number of benzene rings is 2. The van der Waals surface area contributed by atoms with Crippen molar-refractivity contribution < 1.29 is 5.11 Å². The molecule has 0 saturated carbocycles. The summed E-state index contributed by atoms with van der Waals surface area (Å²) in [5, 5.41) is 10.2. The van der Waals surface area contributed by atoms with Crippen molar-refractivity contribution in [3.63, 3.8) is 0 Å². The molecule has 0 saturated heterocycles. The first-order valence-electron chi connectivity index (χ1n) is 6.23. The summed E-state index contributed by atoms with van der Waals surface area (Å²) in [7, 11) is 0. The summed E-state index contributed by atoms with van der Waals surface area (Å²) in [4.78, 5) is 0. The zero-order valence-corrected chi connectivity index (χ0v) is 10.5. The predicted molar refractivity (Wildman–Crippen MR) is 76.0 cm³/mol. The van der Waals surface area contributed by atoms with E-state index in [2.05, 4.69) is 18.2 Å². The third kappa shape index (κ3) is 3.31. The molecule has 0 amide bonds. The fourth-order valence-corrected chi connectivity index (χ4v) is 1.89. The van der Waals surface area contributed by atoms with Gasteiger partial charge in [-0.05, 0) is 11.1 Å². The Morgan fingerprint density at radius 2 is 1.44 bits per heavy atom. The Balaban J connectivity index is 2.04. The van der Waals surface area contributed by atoms with Crippen LogP contribution in [0.5, 0.6) is 0 Å². The summed E-state index contributed by atoms with van der Waals surface area (Å²) in [6.07, 6.45) is 3.65. The Morgan fingerprint density at radius 1 is 0.889 bits per heavy atom. The third-order valence-corrected chi connectivity index (χ3v) is 3.03. The average molecular weight is 238 g/mol. The van der Waals surface area contributed by atoms with Crippen LogP contribution in [0.4, 0.5) is 0 Å². The van der Waals surface area contributed by atoms with E-state index >= 15 is 0 Å². The first kappa shape index (κ1) is 12.6. The van der Waals surface area contributed by atoms with Gasteiger partial charge in [0.25, 0.3) is 0 Å². The SMILES string of the molecule is CC(C=Cc1ccccc1)C(O)c1ccccc1. The number of rotatable bonds is 4. The lowest BCUT2D eigenvalue weighted by atomic mass is 9.96. The Labute approximate surface area is 108 Å². The van der Waals surface area contributed by atoms with Gasteiger partial charge < -0.3 is 5.11 Å². The topological polar surface area (TPSA) is 20.2 Å². The molecule has 2 atom stereocenters. The zero-order valence-electron chi connectivity index (χ0n) is 10.5. The molecule has 1 nitrogen and oxygen atoms in total. The van der Waals surface area contributed by atoms with E-state index in [1.54, 1.807) is 0 Å². The van der Waals surface area contributed by atoms with Crippen molar-refractivity contribution in [1.29, 1.82) is 0 Å². The van der Waals surface area contributed by atoms with Crippen molar-refractivity contribution in [2.75, 3.05) is 0 Å². The molecule has 18 heavy (non-hydrogen) atoms. The number of aliphatic hydroxyl groups excluding tert-OH is 1. The van der Waals surface area contributed by atoms with E-state index < -0.39 is 6.10 Å². The lowest BCUT2D eigenvalue weighted by Gasteiger charge is -2.15. The van der Waals surface area contributed by atoms with Crippen molar-refractivity contribution in [3.8, 4) is 0 Å². The van der Waals surface area contributed by atoms with E-state index in [9.17, 15) is 5.11 Å². The molecule has 1 heteroatoms. The van der Waals surface area contributed by atoms with Gasteiger partial charge in [0.1, 0.15) is 0 Å². The maximum atomic E-state index is 10.2. The monoisotopic (exact) mass is 238 g/mol. The second-order valence-corrected chi connectivity index (χ2v) is 4.48. The Morgan fingerprint density at radius 3 is 2.06 bits per heavy atom. The minimum absolute atomic E-state index is 0.0904. The molecule has 0 aromatic heterocycles. The molecule has 0 heterocycles. The van der Waals surface area contributed by atoms with Crippen molar-refractivity contribution >= 4 is 6.08 Å². The van der Waals surface area contributed by atoms with Crippen LogP contribution in [-0.2, 0) is 0 Å². The average Bonchev–Trinajstić information content (AvgIpc) is 2.46. The smallest absolute Gasteiger partial charge is 0.0850 e. The maximum absolute atomic E-state index is 10.2. The molecule has 0 spiro atoms. The third-order valence-electron chi connectivity index (χ3n) is 3.03. The van der Waals surface area contributed by atoms with Gasteiger partial charge in [0.2, 0.25) is 0 Å². The van der Waals surface area contributed by atoms with Crippen LogP contribution in [0.2, 0.25) is 0 Å². The highest BCUT2D eigenvalue weighted by atomic mass is 16.3. The minimum atomic E-state index is -0.453. The minimum Gasteiger partial charge on any atom is -0.388 e. The molecular formula is C17H18O. The van der Waals surface area contributed by atoms with Crippen LogP contribution < -0.4 is 0 Å². The Kier molecular flexibility index (Phi) is 4.32. The molecule has 0 aliphatic rings. The van der Waals surface area contributed by atoms with Crippen LogP contribution >= 0.6 is 0 Å². The molecule has 0 radical (unpaired) electrons. The van der Waals surface area contributed by atoms with Crippen molar-refractivity contribution in [2.45, 2.75) is 13.0 Å². The van der Waals surface area contributed by atoms with Crippen LogP contribution in [0.25, 0.3) is 6.08 Å². The normalized spacial score (nSPS) is 14.6. The molecule has 2 rings (SSSR count). The van der Waals surface area contributed by atoms with Crippen molar-refractivity contribution in [3.05, 3.63) is 77.9 Å². The first-order valence-corrected chi connectivity index (χ1v) is 6.23. The highest BCUT2D eigenvalue weighted by molar-refractivity contribution is 5.49. The second-order valence-electron chi connectivity index (χ2n) is 4.48. The van der Waals surface area contributed by atoms with E-state index in [1.165, 1.54) is 0 Å². The van der Waals surface area contributed by atoms with Gasteiger partial charge in [-0.25, -0.2) is 0 Å². The van der Waals surface area contributed by atoms with Gasteiger partial charge in [-0.2, -0.15) is 0 Å². The lowest BCUT2D eigenvalue weighted by Crippen LogP contribution is -2.06. The van der Waals surface area contributed by atoms with Crippen molar-refractivity contribution in [1.82, 2.24) is 0 Å². The van der Waals surface area contributed by atoms with E-state index in [0.29, 0.717) is 0 Å². The van der Waals surface area contributed by atoms with Gasteiger partial charge in [-0.15, -0.1) is 0 Å². The summed E-state index contributed by atoms with van der Waals surface area (Å²) in [5.74, 6) is 0.0904. The first-order chi connectivity index (χ1) is 8.77. The van der Waals surface area contributed by atoms with Gasteiger partial charge in [0.05, 0.1) is 6.10 Å². The summed E-state index contributed by atoms with van der Waals surface area (Å²) in [5.41, 5.74) is 2.12. The summed E-state index contributed by atoms with van der Waals surface area (Å²) >= 11 is 0. The molecule has 92 valence electrons. The van der Waals surface area contributed by atoms with Crippen LogP contribution in [0.3, 0.4) is 0 Å². The molecule has 0 aliphatic carbocycles. The van der Waals surface area contributed by atoms with Crippen molar-refractivity contribution in [2.24, 2.45) is 5.92 Å². The fraction of sp³-hybridized carbons (Fsp3) is 0.176. The van der Waals surface area contributed by atoms with E-state index in [4.69, 9.17) is 0 Å². The van der Waals surface area contributed by atoms with E-state index in [1.807, 2.05) is 61.5 Å². The number of aliphatic hydroxyl groups is 1. The van der Waals surface area contributed by atoms with Crippen LogP contribution in [-0.4, -0.2) is 5.11 Å². The maximum Gasteiger partial charge on any atom is 0.0850 e. The van der Waals surface area contributed by atoms with Gasteiger partial charge in [-0.3, -0.25) is 0 Å². The largest absolute Gasteiger partial charge is 0.388 e. The van der Waals surface area contributed by atoms with Crippen LogP contribution in [0, 0.1) is 5.92 Å². The highest BCUT2D eigenvalue weighted by Crippen LogP contribution is 2.23. The van der Waals surface area contributed by atoms with Gasteiger partial charge in [-0.1, -0.05) is 79.7 Å². The highest BCUT2D eigenvalue weighted by Gasteiger charge is 2.12. The number of hydrogen-bond acceptors (Lipinski definition) is 1. The standard InChI is InChI=1S/C17H18O/c1-14(12-13-15-8-4-2-5-9-15)17(18)16-10-6-3-7-11-16/h2-14,17-18H,1H3. The Hall–Kier alpha value is -1.86. The van der Waals surface area contributed by atoms with Gasteiger partial charge in [0, 0.05) is 5.92 Å². The molecule has 0 fully saturated rings. The molecule has 0 aliphatic heterocycles. The van der Waals surface area contributed by atoms with Gasteiger partial charge in [0.15, 0.2) is 0 Å². The molecule has 2 aromatic carbocycles. The van der Waals surface area contributed by atoms with Crippen LogP contribution in [0.15, 0.2) is 66.7 Å². The summed E-state index contributed by atoms with van der Waals surface area (Å²) in [6.45, 7) is 2.02. The van der Waals surface area contributed by atoms with Gasteiger partial charge >= 0.3 is 0 Å². The lowest BCUT2D eigenvalue weighted by molar-refractivity contribution is 0.140. The molecule has 1 N–H and O–H groups in total. The molecular weight excluding hydrogens is 220 g/mol.